The Morgan fingerprint density at radius 3 is 2.50 bits per heavy atom. The number of H-pyrrole nitrogens is 1. The molecule has 2 aromatic rings. The fourth-order valence-corrected chi connectivity index (χ4v) is 3.06. The van der Waals surface area contributed by atoms with Gasteiger partial charge in [-0.15, -0.1) is 0 Å². The normalized spacial score (nSPS) is 15.7. The van der Waals surface area contributed by atoms with Crippen LogP contribution >= 0.6 is 0 Å². The average molecular weight is 332 g/mol. The van der Waals surface area contributed by atoms with Crippen LogP contribution in [0.25, 0.3) is 5.69 Å². The maximum Gasteiger partial charge on any atom is 0.441 e. The van der Waals surface area contributed by atoms with Crippen LogP contribution in [0.3, 0.4) is 0 Å². The number of nitrogens with zero attached hydrogens (tertiary/aromatic N) is 1. The summed E-state index contributed by atoms with van der Waals surface area (Å²) >= 11 is 0. The van der Waals surface area contributed by atoms with Crippen LogP contribution in [0.4, 0.5) is 0 Å². The second-order valence-corrected chi connectivity index (χ2v) is 6.02. The molecule has 0 aliphatic heterocycles. The van der Waals surface area contributed by atoms with Crippen LogP contribution < -0.4 is 20.4 Å². The molecular weight excluding hydrogens is 310 g/mol. The number of hydrogen-bond acceptors (Lipinski definition) is 4. The Morgan fingerprint density at radius 2 is 1.88 bits per heavy atom. The van der Waals surface area contributed by atoms with Crippen molar-refractivity contribution in [1.29, 1.82) is 0 Å². The van der Waals surface area contributed by atoms with Crippen molar-refractivity contribution in [2.45, 2.75) is 44.6 Å². The highest BCUT2D eigenvalue weighted by molar-refractivity contribution is 5.90. The van der Waals surface area contributed by atoms with Crippen molar-refractivity contribution in [1.82, 2.24) is 10.6 Å². The van der Waals surface area contributed by atoms with Crippen LogP contribution in [0.1, 0.15) is 49.0 Å². The van der Waals surface area contributed by atoms with E-state index in [2.05, 4.69) is 10.6 Å². The molecule has 1 amide bonds. The van der Waals surface area contributed by atoms with E-state index in [-0.39, 0.29) is 11.7 Å². The third-order valence-electron chi connectivity index (χ3n) is 4.38. The summed E-state index contributed by atoms with van der Waals surface area (Å²) in [6.07, 6.45) is 6.50. The molecule has 0 unspecified atom stereocenters. The lowest BCUT2D eigenvalue weighted by Crippen LogP contribution is -2.47. The number of carbonyl (C=O) groups excluding carboxylic acids is 1. The number of rotatable bonds is 4. The quantitative estimate of drug-likeness (QED) is 0.659. The molecule has 3 rings (SSSR count). The lowest BCUT2D eigenvalue weighted by atomic mass is 10.1. The first kappa shape index (κ1) is 16.3. The highest BCUT2D eigenvalue weighted by Crippen LogP contribution is 2.17. The molecule has 1 aromatic carbocycles. The van der Waals surface area contributed by atoms with E-state index in [4.69, 9.17) is 9.26 Å². The van der Waals surface area contributed by atoms with Crippen molar-refractivity contribution in [3.63, 3.8) is 0 Å². The summed E-state index contributed by atoms with van der Waals surface area (Å²) < 4.78 is 11.3. The molecule has 0 bridgehead atoms. The van der Waals surface area contributed by atoms with Gasteiger partial charge in [0.25, 0.3) is 0 Å². The van der Waals surface area contributed by atoms with E-state index in [1.165, 1.54) is 17.5 Å². The molecular formula is C17H22N3O4+. The molecule has 0 saturated heterocycles. The van der Waals surface area contributed by atoms with Gasteiger partial charge in [0.2, 0.25) is 5.69 Å². The third-order valence-corrected chi connectivity index (χ3v) is 4.38. The summed E-state index contributed by atoms with van der Waals surface area (Å²) in [4.78, 5) is 24.6. The number of amides is 1. The first-order valence-electron chi connectivity index (χ1n) is 8.28. The molecule has 1 fully saturated rings. The van der Waals surface area contributed by atoms with E-state index in [1.807, 2.05) is 0 Å². The van der Waals surface area contributed by atoms with E-state index in [0.29, 0.717) is 11.4 Å². The Morgan fingerprint density at radius 1 is 1.21 bits per heavy atom. The highest BCUT2D eigenvalue weighted by atomic mass is 16.5. The second kappa shape index (κ2) is 7.33. The van der Waals surface area contributed by atoms with E-state index in [0.717, 1.165) is 25.7 Å². The van der Waals surface area contributed by atoms with Gasteiger partial charge in [0, 0.05) is 18.2 Å². The van der Waals surface area contributed by atoms with Gasteiger partial charge in [-0.05, 0) is 34.9 Å². The topological polar surface area (TPSA) is 88.2 Å². The Kier molecular flexibility index (Phi) is 4.98. The van der Waals surface area contributed by atoms with Crippen molar-refractivity contribution >= 4 is 5.91 Å². The predicted octanol–water partition coefficient (Wildman–Crippen LogP) is 1.71. The van der Waals surface area contributed by atoms with Crippen LogP contribution in [0.2, 0.25) is 0 Å². The molecule has 7 heteroatoms. The number of methoxy groups -OCH3 is 1. The molecule has 1 heterocycles. The Balaban J connectivity index is 1.83. The zero-order valence-corrected chi connectivity index (χ0v) is 13.7. The molecule has 128 valence electrons. The Hall–Kier alpha value is -2.57. The van der Waals surface area contributed by atoms with Crippen LogP contribution in [0, 0.1) is 0 Å². The van der Waals surface area contributed by atoms with Crippen molar-refractivity contribution in [3.05, 3.63) is 40.4 Å². The number of hydrogen-bond donors (Lipinski definition) is 2. The Bertz CT molecular complexity index is 740. The van der Waals surface area contributed by atoms with Crippen LogP contribution in [-0.4, -0.2) is 24.3 Å². The molecule has 1 aliphatic carbocycles. The SMILES string of the molecule is COc1ccc(-[n+]2[nH]oc(=O)c2C(=O)NC2CCCCCC2)cc1. The first-order chi connectivity index (χ1) is 11.7. The summed E-state index contributed by atoms with van der Waals surface area (Å²) in [7, 11) is 1.58. The molecule has 24 heavy (non-hydrogen) atoms. The molecule has 1 saturated carbocycles. The van der Waals surface area contributed by atoms with Crippen molar-refractivity contribution in [2.75, 3.05) is 7.11 Å². The molecule has 0 spiro atoms. The van der Waals surface area contributed by atoms with Crippen molar-refractivity contribution in [3.8, 4) is 11.4 Å². The summed E-state index contributed by atoms with van der Waals surface area (Å²) in [5, 5.41) is 5.46. The molecule has 1 aromatic heterocycles. The minimum atomic E-state index is -0.683. The van der Waals surface area contributed by atoms with E-state index in [9.17, 15) is 9.59 Å². The smallest absolute Gasteiger partial charge is 0.441 e. The monoisotopic (exact) mass is 332 g/mol. The van der Waals surface area contributed by atoms with Gasteiger partial charge in [0.1, 0.15) is 5.75 Å². The van der Waals surface area contributed by atoms with Gasteiger partial charge in [-0.1, -0.05) is 25.7 Å². The molecule has 1 aliphatic rings. The predicted molar refractivity (Wildman–Crippen MR) is 86.4 cm³/mol. The highest BCUT2D eigenvalue weighted by Gasteiger charge is 2.32. The van der Waals surface area contributed by atoms with Crippen LogP contribution in [-0.2, 0) is 0 Å². The van der Waals surface area contributed by atoms with Gasteiger partial charge in [-0.2, -0.15) is 0 Å². The molecule has 0 atom stereocenters. The molecule has 7 nitrogen and oxygen atoms in total. The zero-order chi connectivity index (χ0) is 16.9. The van der Waals surface area contributed by atoms with Gasteiger partial charge in [0.05, 0.1) is 7.11 Å². The van der Waals surface area contributed by atoms with Crippen molar-refractivity contribution in [2.24, 2.45) is 0 Å². The number of carbonyl (C=O) groups is 1. The lowest BCUT2D eigenvalue weighted by Gasteiger charge is -2.13. The number of aromatic amines is 1. The zero-order valence-electron chi connectivity index (χ0n) is 13.7. The second-order valence-electron chi connectivity index (χ2n) is 6.02. The first-order valence-corrected chi connectivity index (χ1v) is 8.28. The third kappa shape index (κ3) is 3.50. The van der Waals surface area contributed by atoms with E-state index in [1.54, 1.807) is 31.4 Å². The minimum Gasteiger partial charge on any atom is -0.497 e. The van der Waals surface area contributed by atoms with Gasteiger partial charge < -0.3 is 10.1 Å². The fourth-order valence-electron chi connectivity index (χ4n) is 3.06. The minimum absolute atomic E-state index is 0.0515. The van der Waals surface area contributed by atoms with Gasteiger partial charge >= 0.3 is 17.2 Å². The molecule has 0 radical (unpaired) electrons. The number of aromatic nitrogens is 2. The lowest BCUT2D eigenvalue weighted by molar-refractivity contribution is -0.672. The number of nitrogens with one attached hydrogen (secondary N) is 2. The van der Waals surface area contributed by atoms with Gasteiger partial charge in [-0.3, -0.25) is 9.32 Å². The summed E-state index contributed by atoms with van der Waals surface area (Å²) in [5.41, 5.74) is -0.117. The van der Waals surface area contributed by atoms with E-state index >= 15 is 0 Å². The molecule has 2 N–H and O–H groups in total. The maximum absolute atomic E-state index is 12.6. The summed E-state index contributed by atoms with van der Waals surface area (Å²) in [6, 6.07) is 7.10. The van der Waals surface area contributed by atoms with Gasteiger partial charge in [0.15, 0.2) is 0 Å². The van der Waals surface area contributed by atoms with Crippen LogP contribution in [0.15, 0.2) is 33.6 Å². The number of benzene rings is 1. The Labute approximate surface area is 139 Å². The summed E-state index contributed by atoms with van der Waals surface area (Å²) in [5.74, 6) is 0.280. The largest absolute Gasteiger partial charge is 0.497 e. The average Bonchev–Trinajstić information content (AvgIpc) is 2.81. The number of ether oxygens (including phenoxy) is 1. The van der Waals surface area contributed by atoms with Crippen molar-refractivity contribution < 1.29 is 18.7 Å². The summed E-state index contributed by atoms with van der Waals surface area (Å²) in [6.45, 7) is 0. The standard InChI is InChI=1S/C17H21N3O4/c1-23-14-10-8-13(9-11-14)20-15(17(22)24-19-20)16(21)18-12-6-4-2-3-5-7-12/h8-12H,2-7H2,1H3,(H-,18,19,21,22)/p+1. The van der Waals surface area contributed by atoms with E-state index < -0.39 is 11.5 Å². The fraction of sp³-hybridized carbons (Fsp3) is 0.471. The van der Waals surface area contributed by atoms with Gasteiger partial charge in [-0.25, -0.2) is 4.79 Å². The maximum atomic E-state index is 12.6. The van der Waals surface area contributed by atoms with Crippen LogP contribution in [0.5, 0.6) is 5.75 Å².